The summed E-state index contributed by atoms with van der Waals surface area (Å²) in [6.45, 7) is 16.6. The van der Waals surface area contributed by atoms with E-state index in [-0.39, 0.29) is 18.1 Å². The lowest BCUT2D eigenvalue weighted by Crippen LogP contribution is -2.49. The minimum absolute atomic E-state index is 0.247. The molecule has 7 heterocycles. The van der Waals surface area contributed by atoms with Gasteiger partial charge in [0.15, 0.2) is 5.65 Å². The first kappa shape index (κ1) is 45.3. The Morgan fingerprint density at radius 1 is 0.712 bits per heavy atom. The smallest absolute Gasteiger partial charge is 0.234 e. The van der Waals surface area contributed by atoms with Crippen LogP contribution in [0.4, 0.5) is 15.8 Å². The standard InChI is InChI=1S/C51H61BrClFN10O2/c52-44-29-55-50-47(48(44)64-26-24-61(25-27-64)31-36-5-9-40(53)10-6-36)57-49(58-50)39-7-3-35(4-8-39)30-59-20-22-60(23-21-59)33-38-2-1-17-62(34-38)32-37-15-18-63(19-16-37)41-11-12-42(45(54)28-41)43-13-14-46(65)56-51(43)66/h3-12,28-29,37-38,43H,1-2,13-27,30-34H2,(H,55,57,58)(H,56,65,66)/t38?,43-/m0/s1. The van der Waals surface area contributed by atoms with Gasteiger partial charge >= 0.3 is 0 Å². The van der Waals surface area contributed by atoms with Crippen molar-refractivity contribution in [1.82, 2.24) is 39.9 Å². The Morgan fingerprint density at radius 3 is 2.08 bits per heavy atom. The van der Waals surface area contributed by atoms with Crippen LogP contribution in [0.2, 0.25) is 5.02 Å². The highest BCUT2D eigenvalue weighted by molar-refractivity contribution is 9.10. The summed E-state index contributed by atoms with van der Waals surface area (Å²) in [4.78, 5) is 52.4. The minimum Gasteiger partial charge on any atom is -0.371 e. The van der Waals surface area contributed by atoms with Crippen molar-refractivity contribution in [3.63, 3.8) is 0 Å². The summed E-state index contributed by atoms with van der Waals surface area (Å²) in [6, 6.07) is 22.3. The average molecular weight is 980 g/mol. The number of pyridine rings is 1. The number of aromatic amines is 1. The van der Waals surface area contributed by atoms with Crippen molar-refractivity contribution < 1.29 is 14.0 Å². The number of likely N-dealkylation sites (tertiary alicyclic amines) is 1. The van der Waals surface area contributed by atoms with Gasteiger partial charge in [-0.1, -0.05) is 54.1 Å². The Morgan fingerprint density at radius 2 is 1.38 bits per heavy atom. The van der Waals surface area contributed by atoms with E-state index in [2.05, 4.69) is 97.0 Å². The van der Waals surface area contributed by atoms with Crippen LogP contribution in [0.25, 0.3) is 22.6 Å². The summed E-state index contributed by atoms with van der Waals surface area (Å²) in [5.74, 6) is 0.573. The van der Waals surface area contributed by atoms with Gasteiger partial charge in [-0.15, -0.1) is 0 Å². The van der Waals surface area contributed by atoms with Crippen molar-refractivity contribution in [2.24, 2.45) is 11.8 Å². The number of aromatic nitrogens is 3. The highest BCUT2D eigenvalue weighted by Crippen LogP contribution is 2.36. The number of piperidine rings is 3. The molecule has 5 aliphatic heterocycles. The Hall–Kier alpha value is -4.44. The van der Waals surface area contributed by atoms with Gasteiger partial charge in [0, 0.05) is 133 Å². The van der Waals surface area contributed by atoms with E-state index in [1.54, 1.807) is 12.1 Å². The second kappa shape index (κ2) is 20.4. The number of carbonyl (C=O) groups is 2. The number of benzene rings is 3. The van der Waals surface area contributed by atoms with Crippen LogP contribution in [0.1, 0.15) is 61.1 Å². The van der Waals surface area contributed by atoms with E-state index >= 15 is 4.39 Å². The number of halogens is 3. The quantitative estimate of drug-likeness (QED) is 0.121. The van der Waals surface area contributed by atoms with Crippen molar-refractivity contribution in [2.45, 2.75) is 57.5 Å². The lowest BCUT2D eigenvalue weighted by molar-refractivity contribution is -0.134. The lowest BCUT2D eigenvalue weighted by atomic mass is 9.89. The number of H-pyrrole nitrogens is 1. The van der Waals surface area contributed by atoms with E-state index in [0.717, 1.165) is 141 Å². The lowest BCUT2D eigenvalue weighted by Gasteiger charge is -2.41. The molecule has 5 aliphatic rings. The molecule has 2 N–H and O–H groups in total. The van der Waals surface area contributed by atoms with Crippen LogP contribution in [0, 0.1) is 17.7 Å². The van der Waals surface area contributed by atoms with Gasteiger partial charge in [0.25, 0.3) is 0 Å². The number of fused-ring (bicyclic) bond motifs is 1. The summed E-state index contributed by atoms with van der Waals surface area (Å²) >= 11 is 9.92. The number of amides is 2. The van der Waals surface area contributed by atoms with Gasteiger partial charge in [0.2, 0.25) is 11.8 Å². The van der Waals surface area contributed by atoms with Gasteiger partial charge in [-0.05, 0) is 102 Å². The fourth-order valence-corrected chi connectivity index (χ4v) is 11.7. The van der Waals surface area contributed by atoms with Crippen molar-refractivity contribution in [1.29, 1.82) is 0 Å². The predicted octanol–water partition coefficient (Wildman–Crippen LogP) is 7.77. The number of piperazine rings is 2. The Bertz CT molecular complexity index is 2480. The summed E-state index contributed by atoms with van der Waals surface area (Å²) in [5.41, 5.74) is 7.78. The van der Waals surface area contributed by atoms with Gasteiger partial charge in [-0.3, -0.25) is 24.7 Å². The van der Waals surface area contributed by atoms with Gasteiger partial charge in [-0.25, -0.2) is 14.4 Å². The molecule has 2 aromatic heterocycles. The van der Waals surface area contributed by atoms with Crippen LogP contribution in [0.3, 0.4) is 0 Å². The molecule has 3 aromatic carbocycles. The maximum absolute atomic E-state index is 15.2. The molecule has 0 radical (unpaired) electrons. The number of hydrogen-bond acceptors (Lipinski definition) is 10. The van der Waals surface area contributed by atoms with Crippen molar-refractivity contribution in [2.75, 3.05) is 101 Å². The molecule has 66 heavy (non-hydrogen) atoms. The van der Waals surface area contributed by atoms with E-state index in [4.69, 9.17) is 16.6 Å². The normalized spacial score (nSPS) is 22.3. The second-order valence-electron chi connectivity index (χ2n) is 19.3. The number of nitrogens with one attached hydrogen (secondary N) is 2. The van der Waals surface area contributed by atoms with Crippen LogP contribution < -0.4 is 15.1 Å². The highest BCUT2D eigenvalue weighted by Gasteiger charge is 2.32. The highest BCUT2D eigenvalue weighted by atomic mass is 79.9. The molecule has 0 aliphatic carbocycles. The molecule has 1 unspecified atom stereocenters. The van der Waals surface area contributed by atoms with E-state index in [0.29, 0.717) is 23.8 Å². The number of rotatable bonds is 12. The van der Waals surface area contributed by atoms with Crippen LogP contribution in [0.15, 0.2) is 77.4 Å². The number of imide groups is 1. The SMILES string of the molecule is O=C1CC[C@@H](c2ccc(N3CCC(CN4CCCC(CN5CCN(Cc6ccc(-c7nc8ncc(Br)c(N9CCN(Cc%10ccc(Cl)cc%10)CC9)c8[nH]7)cc6)CC5)C4)CC3)cc2F)C(=O)N1. The Labute approximate surface area is 401 Å². The van der Waals surface area contributed by atoms with Crippen LogP contribution in [0.5, 0.6) is 0 Å². The monoisotopic (exact) mass is 978 g/mol. The van der Waals surface area contributed by atoms with E-state index in [1.807, 2.05) is 24.4 Å². The van der Waals surface area contributed by atoms with E-state index in [9.17, 15) is 9.59 Å². The maximum Gasteiger partial charge on any atom is 0.234 e. The number of carbonyl (C=O) groups excluding carboxylic acids is 2. The third kappa shape index (κ3) is 10.6. The fraction of sp³-hybridized carbons (Fsp3) is 0.490. The molecule has 2 amide bonds. The zero-order valence-electron chi connectivity index (χ0n) is 37.7. The van der Waals surface area contributed by atoms with Gasteiger partial charge in [-0.2, -0.15) is 0 Å². The first-order valence-corrected chi connectivity index (χ1v) is 25.2. The van der Waals surface area contributed by atoms with Crippen LogP contribution >= 0.6 is 27.5 Å². The summed E-state index contributed by atoms with van der Waals surface area (Å²) in [6.07, 6.45) is 7.27. The van der Waals surface area contributed by atoms with Crippen molar-refractivity contribution >= 4 is 61.9 Å². The molecule has 5 saturated heterocycles. The maximum atomic E-state index is 15.2. The molecule has 15 heteroatoms. The number of anilines is 2. The number of hydrogen-bond donors (Lipinski definition) is 2. The second-order valence-corrected chi connectivity index (χ2v) is 20.6. The molecule has 2 atom stereocenters. The van der Waals surface area contributed by atoms with E-state index in [1.165, 1.54) is 43.6 Å². The average Bonchev–Trinajstić information content (AvgIpc) is 3.76. The van der Waals surface area contributed by atoms with Crippen molar-refractivity contribution in [3.8, 4) is 11.4 Å². The van der Waals surface area contributed by atoms with E-state index < -0.39 is 11.8 Å². The summed E-state index contributed by atoms with van der Waals surface area (Å²) in [5, 5.41) is 3.13. The van der Waals surface area contributed by atoms with Gasteiger partial charge in [0.05, 0.1) is 16.1 Å². The zero-order chi connectivity index (χ0) is 45.1. The molecule has 0 bridgehead atoms. The molecule has 348 valence electrons. The number of imidazole rings is 1. The topological polar surface area (TPSA) is 107 Å². The molecule has 5 fully saturated rings. The summed E-state index contributed by atoms with van der Waals surface area (Å²) in [7, 11) is 0. The molecule has 0 spiro atoms. The molecule has 10 rings (SSSR count). The fourth-order valence-electron chi connectivity index (χ4n) is 11.1. The largest absolute Gasteiger partial charge is 0.371 e. The van der Waals surface area contributed by atoms with Gasteiger partial charge < -0.3 is 24.6 Å². The molecule has 12 nitrogen and oxygen atoms in total. The van der Waals surface area contributed by atoms with Gasteiger partial charge in [0.1, 0.15) is 17.2 Å². The third-order valence-corrected chi connectivity index (χ3v) is 15.6. The molecular weight excluding hydrogens is 919 g/mol. The van der Waals surface area contributed by atoms with Crippen LogP contribution in [-0.2, 0) is 22.7 Å². The third-order valence-electron chi connectivity index (χ3n) is 14.8. The number of nitrogens with zero attached hydrogens (tertiary/aromatic N) is 8. The summed E-state index contributed by atoms with van der Waals surface area (Å²) < 4.78 is 16.2. The molecular formula is C51H61BrClFN10O2. The predicted molar refractivity (Wildman–Crippen MR) is 263 cm³/mol. The van der Waals surface area contributed by atoms with Crippen molar-refractivity contribution in [3.05, 3.63) is 105 Å². The first-order chi connectivity index (χ1) is 32.2. The Kier molecular flexibility index (Phi) is 14.0. The van der Waals surface area contributed by atoms with Crippen LogP contribution in [-0.4, -0.2) is 138 Å². The zero-order valence-corrected chi connectivity index (χ0v) is 40.1. The molecule has 0 saturated carbocycles. The molecule has 5 aromatic rings. The Balaban J connectivity index is 0.657. The minimum atomic E-state index is -0.602. The first-order valence-electron chi connectivity index (χ1n) is 24.1.